The van der Waals surface area contributed by atoms with Crippen LogP contribution in [0, 0.1) is 0 Å². The predicted octanol–water partition coefficient (Wildman–Crippen LogP) is 5.43. The zero-order chi connectivity index (χ0) is 28.8. The number of nitrogens with zero attached hydrogens (tertiary/aromatic N) is 2. The summed E-state index contributed by atoms with van der Waals surface area (Å²) in [5, 5.41) is 3.46. The summed E-state index contributed by atoms with van der Waals surface area (Å²) in [5.74, 6) is -0.852. The monoisotopic (exact) mass is 569 g/mol. The molecule has 0 spiro atoms. The van der Waals surface area contributed by atoms with Crippen LogP contribution in [0.1, 0.15) is 45.7 Å². The molecule has 3 aromatic rings. The van der Waals surface area contributed by atoms with Gasteiger partial charge in [0.25, 0.3) is 10.0 Å². The lowest BCUT2D eigenvalue weighted by molar-refractivity contribution is -0.140. The summed E-state index contributed by atoms with van der Waals surface area (Å²) in [6, 6.07) is 21.2. The van der Waals surface area contributed by atoms with E-state index in [4.69, 9.17) is 11.6 Å². The highest BCUT2D eigenvalue weighted by atomic mass is 35.5. The van der Waals surface area contributed by atoms with E-state index in [0.29, 0.717) is 10.7 Å². The fourth-order valence-corrected chi connectivity index (χ4v) is 5.55. The molecule has 2 amide bonds. The molecule has 3 aromatic carbocycles. The van der Waals surface area contributed by atoms with Crippen molar-refractivity contribution in [2.45, 2.75) is 64.1 Å². The summed E-state index contributed by atoms with van der Waals surface area (Å²) >= 11 is 6.04. The Kier molecular flexibility index (Phi) is 9.80. The van der Waals surface area contributed by atoms with Gasteiger partial charge in [-0.25, -0.2) is 8.42 Å². The van der Waals surface area contributed by atoms with Gasteiger partial charge in [-0.3, -0.25) is 13.9 Å². The molecule has 0 aliphatic carbocycles. The topological polar surface area (TPSA) is 86.8 Å². The molecule has 1 N–H and O–H groups in total. The molecule has 0 radical (unpaired) electrons. The van der Waals surface area contributed by atoms with E-state index in [1.165, 1.54) is 17.0 Å². The van der Waals surface area contributed by atoms with Gasteiger partial charge in [0.15, 0.2) is 0 Å². The summed E-state index contributed by atoms with van der Waals surface area (Å²) < 4.78 is 28.7. The first-order valence-electron chi connectivity index (χ1n) is 12.8. The molecule has 208 valence electrons. The molecule has 0 saturated carbocycles. The van der Waals surface area contributed by atoms with E-state index in [0.717, 1.165) is 21.9 Å². The van der Waals surface area contributed by atoms with E-state index in [1.54, 1.807) is 61.5 Å². The molecule has 0 fully saturated rings. The lowest BCUT2D eigenvalue weighted by atomic mass is 10.1. The first-order chi connectivity index (χ1) is 18.3. The quantitative estimate of drug-likeness (QED) is 0.353. The van der Waals surface area contributed by atoms with Crippen molar-refractivity contribution in [3.8, 4) is 0 Å². The minimum atomic E-state index is -4.09. The molecule has 0 aliphatic rings. The van der Waals surface area contributed by atoms with Crippen LogP contribution in [-0.2, 0) is 32.6 Å². The number of anilines is 1. The Morgan fingerprint density at radius 2 is 1.46 bits per heavy atom. The van der Waals surface area contributed by atoms with Crippen LogP contribution in [0.4, 0.5) is 5.69 Å². The third kappa shape index (κ3) is 8.07. The largest absolute Gasteiger partial charge is 0.350 e. The molecule has 0 bridgehead atoms. The van der Waals surface area contributed by atoms with E-state index in [2.05, 4.69) is 5.32 Å². The molecule has 0 aliphatic heterocycles. The van der Waals surface area contributed by atoms with E-state index in [-0.39, 0.29) is 17.3 Å². The predicted molar refractivity (Wildman–Crippen MR) is 156 cm³/mol. The molecule has 9 heteroatoms. The highest BCUT2D eigenvalue weighted by Crippen LogP contribution is 2.25. The van der Waals surface area contributed by atoms with Gasteiger partial charge in [0, 0.05) is 17.1 Å². The van der Waals surface area contributed by atoms with Crippen molar-refractivity contribution in [2.75, 3.05) is 10.8 Å². The Labute approximate surface area is 236 Å². The second-order valence-electron chi connectivity index (χ2n) is 10.4. The zero-order valence-corrected chi connectivity index (χ0v) is 24.6. The Bertz CT molecular complexity index is 1370. The molecular weight excluding hydrogens is 534 g/mol. The Balaban J connectivity index is 2.02. The molecule has 3 rings (SSSR count). The Morgan fingerprint density at radius 1 is 0.897 bits per heavy atom. The molecule has 0 aromatic heterocycles. The van der Waals surface area contributed by atoms with Crippen molar-refractivity contribution in [1.29, 1.82) is 0 Å². The molecule has 39 heavy (non-hydrogen) atoms. The van der Waals surface area contributed by atoms with Crippen molar-refractivity contribution in [3.63, 3.8) is 0 Å². The lowest BCUT2D eigenvalue weighted by Gasteiger charge is -2.33. The zero-order valence-electron chi connectivity index (χ0n) is 23.0. The Hall–Kier alpha value is -3.36. The number of rotatable bonds is 10. The van der Waals surface area contributed by atoms with E-state index in [9.17, 15) is 18.0 Å². The van der Waals surface area contributed by atoms with Gasteiger partial charge in [-0.15, -0.1) is 0 Å². The summed E-state index contributed by atoms with van der Waals surface area (Å²) in [6.07, 6.45) is 0.792. The van der Waals surface area contributed by atoms with Gasteiger partial charge in [-0.05, 0) is 81.6 Å². The van der Waals surface area contributed by atoms with Crippen LogP contribution in [0.5, 0.6) is 0 Å². The fraction of sp³-hybridized carbons (Fsp3) is 0.333. The number of halogens is 1. The number of nitrogens with one attached hydrogen (secondary N) is 1. The summed E-state index contributed by atoms with van der Waals surface area (Å²) in [5.41, 5.74) is 1.65. The van der Waals surface area contributed by atoms with Crippen LogP contribution in [0.25, 0.3) is 0 Å². The highest BCUT2D eigenvalue weighted by molar-refractivity contribution is 7.92. The lowest BCUT2D eigenvalue weighted by Crippen LogP contribution is -2.54. The number of amides is 2. The molecule has 1 unspecified atom stereocenters. The first-order valence-corrected chi connectivity index (χ1v) is 14.7. The summed E-state index contributed by atoms with van der Waals surface area (Å²) in [7, 11) is -4.09. The van der Waals surface area contributed by atoms with Gasteiger partial charge in [-0.1, -0.05) is 61.0 Å². The molecule has 0 saturated heterocycles. The number of hydrogen-bond donors (Lipinski definition) is 1. The van der Waals surface area contributed by atoms with E-state index in [1.807, 2.05) is 39.8 Å². The third-order valence-corrected chi connectivity index (χ3v) is 8.21. The van der Waals surface area contributed by atoms with Gasteiger partial charge < -0.3 is 10.2 Å². The summed E-state index contributed by atoms with van der Waals surface area (Å²) in [6.45, 7) is 8.84. The second-order valence-corrected chi connectivity index (χ2v) is 12.7. The fourth-order valence-electron chi connectivity index (χ4n) is 3.99. The van der Waals surface area contributed by atoms with Gasteiger partial charge >= 0.3 is 0 Å². The van der Waals surface area contributed by atoms with Crippen LogP contribution in [0.3, 0.4) is 0 Å². The molecule has 7 nitrogen and oxygen atoms in total. The summed E-state index contributed by atoms with van der Waals surface area (Å²) in [4.78, 5) is 28.5. The van der Waals surface area contributed by atoms with Gasteiger partial charge in [0.2, 0.25) is 11.8 Å². The first kappa shape index (κ1) is 30.2. The highest BCUT2D eigenvalue weighted by Gasteiger charge is 2.33. The van der Waals surface area contributed by atoms with Crippen LogP contribution in [0.15, 0.2) is 83.8 Å². The minimum Gasteiger partial charge on any atom is -0.350 e. The van der Waals surface area contributed by atoms with Crippen LogP contribution in [0.2, 0.25) is 5.02 Å². The van der Waals surface area contributed by atoms with Crippen molar-refractivity contribution < 1.29 is 18.0 Å². The Morgan fingerprint density at radius 3 is 2.00 bits per heavy atom. The minimum absolute atomic E-state index is 0.0696. The van der Waals surface area contributed by atoms with Crippen LogP contribution >= 0.6 is 11.6 Å². The number of carbonyl (C=O) groups is 2. The maximum Gasteiger partial charge on any atom is 0.264 e. The van der Waals surface area contributed by atoms with Crippen LogP contribution < -0.4 is 9.62 Å². The number of aryl methyl sites for hydroxylation is 1. The van der Waals surface area contributed by atoms with Crippen molar-refractivity contribution >= 4 is 39.1 Å². The molecular formula is C30H36ClN3O4S. The number of benzene rings is 3. The SMILES string of the molecule is CCc1ccc(N(CC(=O)N(Cc2ccc(Cl)cc2)C(C)C(=O)NC(C)(C)C)S(=O)(=O)c2ccccc2)cc1. The van der Waals surface area contributed by atoms with Gasteiger partial charge in [0.1, 0.15) is 12.6 Å². The number of hydrogen-bond acceptors (Lipinski definition) is 4. The normalized spacial score (nSPS) is 12.5. The van der Waals surface area contributed by atoms with Gasteiger partial charge in [-0.2, -0.15) is 0 Å². The molecule has 1 atom stereocenters. The van der Waals surface area contributed by atoms with Crippen LogP contribution in [-0.4, -0.2) is 43.3 Å². The third-order valence-electron chi connectivity index (χ3n) is 6.17. The standard InChI is InChI=1S/C30H36ClN3O4S/c1-6-23-14-18-26(19-15-23)34(39(37,38)27-10-8-7-9-11-27)21-28(35)33(20-24-12-16-25(31)17-13-24)22(2)29(36)32-30(3,4)5/h7-19,22H,6,20-21H2,1-5H3,(H,32,36). The van der Waals surface area contributed by atoms with Crippen molar-refractivity contribution in [1.82, 2.24) is 10.2 Å². The van der Waals surface area contributed by atoms with Crippen molar-refractivity contribution in [2.24, 2.45) is 0 Å². The van der Waals surface area contributed by atoms with E-state index < -0.39 is 34.1 Å². The number of sulfonamides is 1. The average Bonchev–Trinajstić information content (AvgIpc) is 2.90. The smallest absolute Gasteiger partial charge is 0.264 e. The number of carbonyl (C=O) groups excluding carboxylic acids is 2. The second kappa shape index (κ2) is 12.7. The van der Waals surface area contributed by atoms with Gasteiger partial charge in [0.05, 0.1) is 10.6 Å². The van der Waals surface area contributed by atoms with Crippen molar-refractivity contribution in [3.05, 3.63) is 95.0 Å². The average molecular weight is 570 g/mol. The maximum absolute atomic E-state index is 13.9. The molecule has 0 heterocycles. The van der Waals surface area contributed by atoms with E-state index >= 15 is 0 Å². The maximum atomic E-state index is 13.9.